The first-order valence-electron chi connectivity index (χ1n) is 6.02. The lowest BCUT2D eigenvalue weighted by molar-refractivity contribution is -0.385. The van der Waals surface area contributed by atoms with Gasteiger partial charge in [0, 0.05) is 28.3 Å². The van der Waals surface area contributed by atoms with Crippen LogP contribution in [-0.4, -0.2) is 20.2 Å². The van der Waals surface area contributed by atoms with Crippen LogP contribution in [0.3, 0.4) is 0 Å². The lowest BCUT2D eigenvalue weighted by Gasteiger charge is -2.19. The summed E-state index contributed by atoms with van der Waals surface area (Å²) < 4.78 is 12.5. The summed E-state index contributed by atoms with van der Waals surface area (Å²) in [5, 5.41) is 19.8. The van der Waals surface area contributed by atoms with Crippen LogP contribution in [0.25, 0.3) is 0 Å². The third-order valence-electron chi connectivity index (χ3n) is 3.35. The molecule has 1 aliphatic rings. The van der Waals surface area contributed by atoms with Crippen LogP contribution in [-0.2, 0) is 17.2 Å². The molecule has 0 aromatic heterocycles. The highest BCUT2D eigenvalue weighted by molar-refractivity contribution is 7.85. The fraction of sp³-hybridized carbons (Fsp3) is 0.0714. The van der Waals surface area contributed by atoms with Gasteiger partial charge in [0.15, 0.2) is 0 Å². The smallest absolute Gasteiger partial charge is 0.335 e. The summed E-state index contributed by atoms with van der Waals surface area (Å²) >= 11 is 0. The number of carbonyl (C=O) groups is 1. The van der Waals surface area contributed by atoms with Crippen LogP contribution in [0.4, 0.5) is 5.69 Å². The first kappa shape index (κ1) is 13.4. The summed E-state index contributed by atoms with van der Waals surface area (Å²) in [7, 11) is -1.52. The van der Waals surface area contributed by atoms with E-state index in [1.54, 1.807) is 6.07 Å². The van der Waals surface area contributed by atoms with Crippen molar-refractivity contribution in [3.63, 3.8) is 0 Å². The van der Waals surface area contributed by atoms with Crippen molar-refractivity contribution in [1.82, 2.24) is 0 Å². The minimum atomic E-state index is -1.52. The lowest BCUT2D eigenvalue weighted by Crippen LogP contribution is -2.11. The Hall–Kier alpha value is -2.54. The Morgan fingerprint density at radius 3 is 2.57 bits per heavy atom. The molecule has 0 fully saturated rings. The van der Waals surface area contributed by atoms with Gasteiger partial charge in [-0.15, -0.1) is 0 Å². The number of fused-ring (bicyclic) bond motifs is 2. The summed E-state index contributed by atoms with van der Waals surface area (Å²) in [5.41, 5.74) is 1.40. The Bertz CT molecular complexity index is 815. The number of benzene rings is 2. The predicted molar refractivity (Wildman–Crippen MR) is 74.0 cm³/mol. The van der Waals surface area contributed by atoms with Crippen LogP contribution in [0.15, 0.2) is 46.2 Å². The SMILES string of the molecule is O=C(O)c1ccc2c(c1)S(=O)c1ccc([N+](=O)[O-])cc1C2. The standard InChI is InChI=1S/C14H9NO5S/c16-14(17)9-2-1-8-5-10-6-11(15(18)19)3-4-12(10)21(20)13(8)7-9/h1-4,6-7H,5H2,(H,16,17). The van der Waals surface area contributed by atoms with E-state index in [1.165, 1.54) is 30.3 Å². The number of nitro groups is 1. The molecule has 0 aliphatic carbocycles. The molecule has 0 bridgehead atoms. The van der Waals surface area contributed by atoms with Gasteiger partial charge in [-0.25, -0.2) is 9.00 Å². The van der Waals surface area contributed by atoms with Crippen molar-refractivity contribution in [3.8, 4) is 0 Å². The number of nitrogens with zero attached hydrogens (tertiary/aromatic N) is 1. The van der Waals surface area contributed by atoms with Gasteiger partial charge in [0.1, 0.15) is 0 Å². The minimum absolute atomic E-state index is 0.0450. The maximum Gasteiger partial charge on any atom is 0.335 e. The van der Waals surface area contributed by atoms with Crippen molar-refractivity contribution in [2.24, 2.45) is 0 Å². The number of carboxylic acid groups (broad SMARTS) is 1. The first-order chi connectivity index (χ1) is 9.97. The molecule has 6 nitrogen and oxygen atoms in total. The third-order valence-corrected chi connectivity index (χ3v) is 4.93. The van der Waals surface area contributed by atoms with Gasteiger partial charge in [-0.05, 0) is 29.3 Å². The fourth-order valence-corrected chi connectivity index (χ4v) is 3.74. The number of hydrogen-bond donors (Lipinski definition) is 1. The molecule has 0 radical (unpaired) electrons. The largest absolute Gasteiger partial charge is 0.478 e. The van der Waals surface area contributed by atoms with Gasteiger partial charge in [-0.2, -0.15) is 0 Å². The Morgan fingerprint density at radius 1 is 1.14 bits per heavy atom. The maximum atomic E-state index is 12.5. The number of aromatic carboxylic acids is 1. The summed E-state index contributed by atoms with van der Waals surface area (Å²) in [5.74, 6) is -1.08. The molecule has 2 aromatic carbocycles. The molecule has 1 heterocycles. The van der Waals surface area contributed by atoms with Crippen molar-refractivity contribution in [2.75, 3.05) is 0 Å². The molecule has 1 N–H and O–H groups in total. The molecule has 0 saturated heterocycles. The molecular weight excluding hydrogens is 294 g/mol. The quantitative estimate of drug-likeness (QED) is 0.579. The predicted octanol–water partition coefficient (Wildman–Crippen LogP) is 2.36. The summed E-state index contributed by atoms with van der Waals surface area (Å²) in [4.78, 5) is 22.2. The minimum Gasteiger partial charge on any atom is -0.478 e. The zero-order valence-electron chi connectivity index (χ0n) is 10.6. The van der Waals surface area contributed by atoms with E-state index in [0.29, 0.717) is 21.8 Å². The number of nitro benzene ring substituents is 1. The van der Waals surface area contributed by atoms with Gasteiger partial charge in [-0.3, -0.25) is 10.1 Å². The van der Waals surface area contributed by atoms with Crippen LogP contribution in [0, 0.1) is 10.1 Å². The van der Waals surface area contributed by atoms with Gasteiger partial charge in [-0.1, -0.05) is 6.07 Å². The maximum absolute atomic E-state index is 12.5. The highest BCUT2D eigenvalue weighted by atomic mass is 32.2. The number of rotatable bonds is 2. The zero-order valence-corrected chi connectivity index (χ0v) is 11.4. The molecule has 106 valence electrons. The van der Waals surface area contributed by atoms with E-state index in [9.17, 15) is 19.1 Å². The van der Waals surface area contributed by atoms with Crippen LogP contribution >= 0.6 is 0 Å². The topological polar surface area (TPSA) is 97.5 Å². The average molecular weight is 303 g/mol. The number of non-ortho nitro benzene ring substituents is 1. The molecule has 2 aromatic rings. The Kier molecular flexibility index (Phi) is 3.06. The van der Waals surface area contributed by atoms with E-state index in [0.717, 1.165) is 5.56 Å². The Balaban J connectivity index is 2.12. The van der Waals surface area contributed by atoms with Gasteiger partial charge < -0.3 is 5.11 Å². The van der Waals surface area contributed by atoms with Crippen molar-refractivity contribution in [2.45, 2.75) is 16.2 Å². The summed E-state index contributed by atoms with van der Waals surface area (Å²) in [6, 6.07) is 8.65. The molecule has 1 aliphatic heterocycles. The van der Waals surface area contributed by atoms with Crippen molar-refractivity contribution in [3.05, 3.63) is 63.2 Å². The van der Waals surface area contributed by atoms with E-state index >= 15 is 0 Å². The third kappa shape index (κ3) is 2.21. The molecule has 3 rings (SSSR count). The van der Waals surface area contributed by atoms with E-state index in [2.05, 4.69) is 0 Å². The van der Waals surface area contributed by atoms with Crippen molar-refractivity contribution < 1.29 is 19.0 Å². The van der Waals surface area contributed by atoms with Crippen LogP contribution in [0.5, 0.6) is 0 Å². The zero-order chi connectivity index (χ0) is 15.1. The van der Waals surface area contributed by atoms with Gasteiger partial charge in [0.25, 0.3) is 5.69 Å². The number of carboxylic acids is 1. The van der Waals surface area contributed by atoms with E-state index in [1.807, 2.05) is 0 Å². The Labute approximate surface area is 121 Å². The van der Waals surface area contributed by atoms with Gasteiger partial charge >= 0.3 is 5.97 Å². The van der Waals surface area contributed by atoms with E-state index in [4.69, 9.17) is 5.11 Å². The van der Waals surface area contributed by atoms with Gasteiger partial charge in [0.2, 0.25) is 0 Å². The summed E-state index contributed by atoms with van der Waals surface area (Å²) in [6.45, 7) is 0. The van der Waals surface area contributed by atoms with E-state index in [-0.39, 0.29) is 11.3 Å². The highest BCUT2D eigenvalue weighted by Gasteiger charge is 2.25. The van der Waals surface area contributed by atoms with Crippen LogP contribution in [0.2, 0.25) is 0 Å². The second-order valence-corrected chi connectivity index (χ2v) is 6.04. The lowest BCUT2D eigenvalue weighted by atomic mass is 10.0. The molecule has 1 atom stereocenters. The molecule has 0 amide bonds. The second-order valence-electron chi connectivity index (χ2n) is 4.62. The highest BCUT2D eigenvalue weighted by Crippen LogP contribution is 2.34. The average Bonchev–Trinajstić information content (AvgIpc) is 2.46. The second kappa shape index (κ2) is 4.78. The van der Waals surface area contributed by atoms with Crippen LogP contribution < -0.4 is 0 Å². The fourth-order valence-electron chi connectivity index (χ4n) is 2.33. The molecule has 0 saturated carbocycles. The first-order valence-corrected chi connectivity index (χ1v) is 7.17. The van der Waals surface area contributed by atoms with E-state index < -0.39 is 21.7 Å². The molecule has 7 heteroatoms. The molecule has 1 unspecified atom stereocenters. The number of hydrogen-bond acceptors (Lipinski definition) is 4. The monoisotopic (exact) mass is 303 g/mol. The molecular formula is C14H9NO5S. The normalized spacial score (nSPS) is 15.9. The van der Waals surface area contributed by atoms with Gasteiger partial charge in [0.05, 0.1) is 21.3 Å². The Morgan fingerprint density at radius 2 is 1.90 bits per heavy atom. The molecule has 21 heavy (non-hydrogen) atoms. The summed E-state index contributed by atoms with van der Waals surface area (Å²) in [6.07, 6.45) is 0.401. The van der Waals surface area contributed by atoms with Crippen molar-refractivity contribution >= 4 is 22.5 Å². The molecule has 0 spiro atoms. The van der Waals surface area contributed by atoms with Crippen molar-refractivity contribution in [1.29, 1.82) is 0 Å². The van der Waals surface area contributed by atoms with Crippen LogP contribution in [0.1, 0.15) is 21.5 Å².